The van der Waals surface area contributed by atoms with Crippen molar-refractivity contribution in [2.45, 2.75) is 31.7 Å². The fraction of sp³-hybridized carbons (Fsp3) is 0.353. The Morgan fingerprint density at radius 2 is 1.83 bits per heavy atom. The number of aromatic nitrogens is 1. The van der Waals surface area contributed by atoms with Crippen LogP contribution in [0.25, 0.3) is 0 Å². The number of benzene rings is 1. The molecule has 0 aliphatic carbocycles. The molecule has 0 amide bonds. The highest BCUT2D eigenvalue weighted by molar-refractivity contribution is 5.66. The number of hydrogen-bond acceptors (Lipinski definition) is 3. The monoisotopic (exact) mass is 322 g/mol. The first kappa shape index (κ1) is 15.8. The number of fused-ring (bicyclic) bond motifs is 1. The normalized spacial score (nSPS) is 21.2. The highest BCUT2D eigenvalue weighted by atomic mass is 19.4. The van der Waals surface area contributed by atoms with Gasteiger partial charge in [0.05, 0.1) is 0 Å². The summed E-state index contributed by atoms with van der Waals surface area (Å²) in [4.78, 5) is 5.65. The molecule has 0 spiro atoms. The minimum Gasteiger partial charge on any atom is -0.361 e. The zero-order valence-corrected chi connectivity index (χ0v) is 12.8. The summed E-state index contributed by atoms with van der Waals surface area (Å²) >= 11 is 0. The highest BCUT2D eigenvalue weighted by Gasteiger charge is 2.37. The van der Waals surface area contributed by atoms with Crippen LogP contribution in [-0.2, 0) is 10.9 Å². The van der Waals surface area contributed by atoms with Gasteiger partial charge in [0.2, 0.25) is 0 Å². The van der Waals surface area contributed by atoms with Gasteiger partial charge in [-0.05, 0) is 36.1 Å². The predicted molar refractivity (Wildman–Crippen MR) is 81.6 cm³/mol. The summed E-state index contributed by atoms with van der Waals surface area (Å²) in [7, 11) is 1.56. The molecule has 1 aliphatic rings. The van der Waals surface area contributed by atoms with E-state index in [1.54, 1.807) is 12.0 Å². The number of rotatable bonds is 2. The molecular formula is C17H17F3N2O. The number of halogens is 3. The summed E-state index contributed by atoms with van der Waals surface area (Å²) in [6, 6.07) is 11.8. The molecule has 0 saturated carbocycles. The van der Waals surface area contributed by atoms with Gasteiger partial charge in [-0.25, -0.2) is 4.98 Å². The first-order valence-electron chi connectivity index (χ1n) is 7.37. The van der Waals surface area contributed by atoms with Crippen molar-refractivity contribution in [2.24, 2.45) is 0 Å². The first-order chi connectivity index (χ1) is 10.9. The van der Waals surface area contributed by atoms with Crippen molar-refractivity contribution in [3.8, 4) is 0 Å². The quantitative estimate of drug-likeness (QED) is 0.800. The van der Waals surface area contributed by atoms with Gasteiger partial charge in [-0.3, -0.25) is 4.90 Å². The second-order valence-electron chi connectivity index (χ2n) is 5.64. The van der Waals surface area contributed by atoms with Crippen molar-refractivity contribution in [2.75, 3.05) is 12.0 Å². The maximum atomic E-state index is 13.1. The van der Waals surface area contributed by atoms with Gasteiger partial charge in [0, 0.05) is 12.8 Å². The van der Waals surface area contributed by atoms with Gasteiger partial charge >= 0.3 is 6.18 Å². The van der Waals surface area contributed by atoms with Gasteiger partial charge in [0.15, 0.2) is 0 Å². The molecule has 1 aliphatic heterocycles. The van der Waals surface area contributed by atoms with E-state index >= 15 is 0 Å². The van der Waals surface area contributed by atoms with E-state index in [-0.39, 0.29) is 12.1 Å². The van der Waals surface area contributed by atoms with E-state index in [4.69, 9.17) is 4.74 Å². The molecule has 2 aromatic rings. The van der Waals surface area contributed by atoms with Gasteiger partial charge in [0.25, 0.3) is 0 Å². The maximum absolute atomic E-state index is 13.1. The molecule has 0 saturated heterocycles. The van der Waals surface area contributed by atoms with Crippen molar-refractivity contribution in [1.82, 2.24) is 4.98 Å². The molecule has 2 heterocycles. The molecule has 6 heteroatoms. The third kappa shape index (κ3) is 2.91. The molecule has 0 radical (unpaired) electrons. The lowest BCUT2D eigenvalue weighted by molar-refractivity contribution is -0.141. The van der Waals surface area contributed by atoms with E-state index in [1.807, 2.05) is 37.3 Å². The molecule has 0 N–H and O–H groups in total. The van der Waals surface area contributed by atoms with Crippen LogP contribution in [0.15, 0.2) is 42.5 Å². The predicted octanol–water partition coefficient (Wildman–Crippen LogP) is 4.72. The Morgan fingerprint density at radius 3 is 2.43 bits per heavy atom. The van der Waals surface area contributed by atoms with Crippen LogP contribution in [0.1, 0.15) is 30.5 Å². The van der Waals surface area contributed by atoms with E-state index in [0.717, 1.165) is 17.3 Å². The minimum absolute atomic E-state index is 0.0738. The fourth-order valence-electron chi connectivity index (χ4n) is 2.94. The third-order valence-electron chi connectivity index (χ3n) is 4.10. The molecule has 2 unspecified atom stereocenters. The van der Waals surface area contributed by atoms with E-state index < -0.39 is 11.9 Å². The summed E-state index contributed by atoms with van der Waals surface area (Å²) < 4.78 is 44.7. The Bertz CT molecular complexity index is 688. The average Bonchev–Trinajstić information content (AvgIpc) is 2.54. The molecule has 122 valence electrons. The molecule has 1 aromatic heterocycles. The number of alkyl halides is 3. The van der Waals surface area contributed by atoms with Gasteiger partial charge in [-0.2, -0.15) is 13.2 Å². The van der Waals surface area contributed by atoms with Gasteiger partial charge in [-0.15, -0.1) is 0 Å². The van der Waals surface area contributed by atoms with Crippen molar-refractivity contribution >= 4 is 11.5 Å². The van der Waals surface area contributed by atoms with Crippen LogP contribution in [0.2, 0.25) is 0 Å². The topological polar surface area (TPSA) is 25.4 Å². The van der Waals surface area contributed by atoms with Crippen LogP contribution >= 0.6 is 0 Å². The van der Waals surface area contributed by atoms with E-state index in [1.165, 1.54) is 6.07 Å². The molecule has 0 bridgehead atoms. The average molecular weight is 322 g/mol. The summed E-state index contributed by atoms with van der Waals surface area (Å²) in [6.45, 7) is 1.97. The molecule has 2 atom stereocenters. The Kier molecular flexibility index (Phi) is 4.02. The zero-order valence-electron chi connectivity index (χ0n) is 12.8. The Morgan fingerprint density at radius 1 is 1.13 bits per heavy atom. The number of nitrogens with zero attached hydrogens (tertiary/aromatic N) is 2. The number of anilines is 2. The highest BCUT2D eigenvalue weighted by Crippen LogP contribution is 2.42. The van der Waals surface area contributed by atoms with Crippen LogP contribution in [0.5, 0.6) is 0 Å². The second kappa shape index (κ2) is 5.85. The third-order valence-corrected chi connectivity index (χ3v) is 4.10. The smallest absolute Gasteiger partial charge is 0.361 e. The number of methoxy groups -OCH3 is 1. The molecule has 23 heavy (non-hydrogen) atoms. The maximum Gasteiger partial charge on any atom is 0.433 e. The van der Waals surface area contributed by atoms with Crippen molar-refractivity contribution in [1.29, 1.82) is 0 Å². The van der Waals surface area contributed by atoms with Crippen LogP contribution < -0.4 is 4.90 Å². The number of para-hydroxylation sites is 1. The van der Waals surface area contributed by atoms with Gasteiger partial charge in [0.1, 0.15) is 17.7 Å². The lowest BCUT2D eigenvalue weighted by Gasteiger charge is -2.39. The summed E-state index contributed by atoms with van der Waals surface area (Å²) in [6.07, 6.45) is -4.14. The van der Waals surface area contributed by atoms with Crippen molar-refractivity contribution < 1.29 is 17.9 Å². The fourth-order valence-corrected chi connectivity index (χ4v) is 2.94. The zero-order chi connectivity index (χ0) is 16.6. The van der Waals surface area contributed by atoms with Crippen LogP contribution in [0.3, 0.4) is 0 Å². The largest absolute Gasteiger partial charge is 0.433 e. The second-order valence-corrected chi connectivity index (χ2v) is 5.64. The van der Waals surface area contributed by atoms with Crippen molar-refractivity contribution in [3.63, 3.8) is 0 Å². The summed E-state index contributed by atoms with van der Waals surface area (Å²) in [5, 5.41) is 0. The van der Waals surface area contributed by atoms with Crippen LogP contribution in [-0.4, -0.2) is 18.3 Å². The van der Waals surface area contributed by atoms with E-state index in [9.17, 15) is 13.2 Å². The van der Waals surface area contributed by atoms with Crippen LogP contribution in [0, 0.1) is 0 Å². The van der Waals surface area contributed by atoms with Gasteiger partial charge in [-0.1, -0.05) is 31.2 Å². The van der Waals surface area contributed by atoms with E-state index in [0.29, 0.717) is 12.2 Å². The molecule has 3 rings (SSSR count). The number of hydrogen-bond donors (Lipinski definition) is 0. The Hall–Kier alpha value is -2.08. The van der Waals surface area contributed by atoms with Gasteiger partial charge < -0.3 is 4.74 Å². The lowest BCUT2D eigenvalue weighted by atomic mass is 9.92. The molecule has 0 fully saturated rings. The summed E-state index contributed by atoms with van der Waals surface area (Å²) in [5.41, 5.74) is 0.676. The lowest BCUT2D eigenvalue weighted by Crippen LogP contribution is -2.39. The SMILES string of the molecule is COC1CC(C)c2ccc(C(F)(F)F)nc2N1c1ccccc1. The van der Waals surface area contributed by atoms with E-state index in [2.05, 4.69) is 4.98 Å². The molecule has 3 nitrogen and oxygen atoms in total. The first-order valence-corrected chi connectivity index (χ1v) is 7.37. The Balaban J connectivity index is 2.17. The van der Waals surface area contributed by atoms with Crippen molar-refractivity contribution in [3.05, 3.63) is 53.7 Å². The standard InChI is InChI=1S/C17H17F3N2O/c1-11-10-15(23-2)22(12-6-4-3-5-7-12)16-13(11)8-9-14(21-16)17(18,19)20/h3-9,11,15H,10H2,1-2H3. The Labute approximate surface area is 132 Å². The van der Waals surface area contributed by atoms with Crippen LogP contribution in [0.4, 0.5) is 24.7 Å². The number of ether oxygens (including phenoxy) is 1. The molecule has 1 aromatic carbocycles. The minimum atomic E-state index is -4.47. The summed E-state index contributed by atoms with van der Waals surface area (Å²) in [5.74, 6) is 0.390. The number of pyridine rings is 1. The molecular weight excluding hydrogens is 305 g/mol.